The first-order valence-corrected chi connectivity index (χ1v) is 7.35. The van der Waals surface area contributed by atoms with Gasteiger partial charge in [0.2, 0.25) is 0 Å². The first-order chi connectivity index (χ1) is 10.4. The van der Waals surface area contributed by atoms with Crippen LogP contribution in [0.3, 0.4) is 0 Å². The molecule has 0 bridgehead atoms. The predicted octanol–water partition coefficient (Wildman–Crippen LogP) is 3.35. The van der Waals surface area contributed by atoms with Crippen molar-refractivity contribution in [1.29, 1.82) is 0 Å². The van der Waals surface area contributed by atoms with Crippen LogP contribution in [0, 0.1) is 0 Å². The van der Waals surface area contributed by atoms with Crippen LogP contribution in [0.4, 0.5) is 0 Å². The van der Waals surface area contributed by atoms with Crippen LogP contribution in [0.2, 0.25) is 0 Å². The standard InChI is InChI=1S/C18H19N3/c1-2-6-18-16(4-1)13-21-14-17(18)5-3-9-20-12-15-7-10-19-11-8-15/h1-2,4,6-8,10-11,13-14,20H,3,5,9,12H2. The molecule has 21 heavy (non-hydrogen) atoms. The zero-order valence-electron chi connectivity index (χ0n) is 12.0. The van der Waals surface area contributed by atoms with Crippen LogP contribution in [-0.2, 0) is 13.0 Å². The maximum Gasteiger partial charge on any atom is 0.0346 e. The van der Waals surface area contributed by atoms with Gasteiger partial charge in [-0.05, 0) is 48.0 Å². The van der Waals surface area contributed by atoms with E-state index in [-0.39, 0.29) is 0 Å². The van der Waals surface area contributed by atoms with E-state index in [4.69, 9.17) is 0 Å². The second-order valence-electron chi connectivity index (χ2n) is 5.16. The fraction of sp³-hybridized carbons (Fsp3) is 0.222. The highest BCUT2D eigenvalue weighted by Gasteiger charge is 2.00. The molecule has 0 amide bonds. The number of aryl methyl sites for hydroxylation is 1. The van der Waals surface area contributed by atoms with Gasteiger partial charge in [-0.2, -0.15) is 0 Å². The van der Waals surface area contributed by atoms with Gasteiger partial charge in [-0.3, -0.25) is 9.97 Å². The Kier molecular flexibility index (Phi) is 4.54. The quantitative estimate of drug-likeness (QED) is 0.702. The molecule has 1 N–H and O–H groups in total. The molecule has 0 saturated heterocycles. The van der Waals surface area contributed by atoms with Crippen molar-refractivity contribution >= 4 is 10.8 Å². The summed E-state index contributed by atoms with van der Waals surface area (Å²) in [7, 11) is 0. The van der Waals surface area contributed by atoms with E-state index in [9.17, 15) is 0 Å². The molecule has 0 aliphatic heterocycles. The number of hydrogen-bond acceptors (Lipinski definition) is 3. The number of fused-ring (bicyclic) bond motifs is 1. The van der Waals surface area contributed by atoms with Gasteiger partial charge in [0.15, 0.2) is 0 Å². The number of nitrogens with one attached hydrogen (secondary N) is 1. The van der Waals surface area contributed by atoms with Crippen molar-refractivity contribution in [3.05, 3.63) is 72.3 Å². The van der Waals surface area contributed by atoms with Crippen molar-refractivity contribution in [3.63, 3.8) is 0 Å². The van der Waals surface area contributed by atoms with Crippen LogP contribution in [0.5, 0.6) is 0 Å². The summed E-state index contributed by atoms with van der Waals surface area (Å²) in [4.78, 5) is 8.36. The predicted molar refractivity (Wildman–Crippen MR) is 86.0 cm³/mol. The van der Waals surface area contributed by atoms with Gasteiger partial charge in [0, 0.05) is 36.7 Å². The minimum absolute atomic E-state index is 0.899. The lowest BCUT2D eigenvalue weighted by molar-refractivity contribution is 0.649. The lowest BCUT2D eigenvalue weighted by Gasteiger charge is -2.07. The largest absolute Gasteiger partial charge is 0.313 e. The Balaban J connectivity index is 1.51. The molecule has 2 heterocycles. The fourth-order valence-corrected chi connectivity index (χ4v) is 2.52. The Morgan fingerprint density at radius 1 is 0.905 bits per heavy atom. The molecule has 0 aliphatic carbocycles. The Morgan fingerprint density at radius 2 is 1.76 bits per heavy atom. The lowest BCUT2D eigenvalue weighted by Crippen LogP contribution is -2.15. The topological polar surface area (TPSA) is 37.8 Å². The Bertz CT molecular complexity index is 690. The average Bonchev–Trinajstić information content (AvgIpc) is 2.56. The first kappa shape index (κ1) is 13.7. The molecule has 0 saturated carbocycles. The monoisotopic (exact) mass is 277 g/mol. The van der Waals surface area contributed by atoms with Crippen LogP contribution >= 0.6 is 0 Å². The summed E-state index contributed by atoms with van der Waals surface area (Å²) in [5.74, 6) is 0. The van der Waals surface area contributed by atoms with Gasteiger partial charge in [0.25, 0.3) is 0 Å². The van der Waals surface area contributed by atoms with Gasteiger partial charge < -0.3 is 5.32 Å². The highest BCUT2D eigenvalue weighted by molar-refractivity contribution is 5.84. The second-order valence-corrected chi connectivity index (χ2v) is 5.16. The molecule has 1 aromatic carbocycles. The maximum atomic E-state index is 4.33. The van der Waals surface area contributed by atoms with E-state index in [0.717, 1.165) is 25.9 Å². The summed E-state index contributed by atoms with van der Waals surface area (Å²) in [5, 5.41) is 6.01. The number of pyridine rings is 2. The Hall–Kier alpha value is -2.26. The smallest absolute Gasteiger partial charge is 0.0346 e. The molecule has 106 valence electrons. The van der Waals surface area contributed by atoms with Crippen molar-refractivity contribution in [1.82, 2.24) is 15.3 Å². The summed E-state index contributed by atoms with van der Waals surface area (Å²) in [6, 6.07) is 12.5. The molecule has 0 fully saturated rings. The zero-order valence-corrected chi connectivity index (χ0v) is 12.0. The van der Waals surface area contributed by atoms with Crippen molar-refractivity contribution in [2.24, 2.45) is 0 Å². The third kappa shape index (κ3) is 3.64. The molecule has 3 aromatic rings. The second kappa shape index (κ2) is 6.95. The molecule has 0 spiro atoms. The number of aromatic nitrogens is 2. The molecular formula is C18H19N3. The highest BCUT2D eigenvalue weighted by atomic mass is 14.8. The number of hydrogen-bond donors (Lipinski definition) is 1. The van der Waals surface area contributed by atoms with Crippen LogP contribution in [0.25, 0.3) is 10.8 Å². The first-order valence-electron chi connectivity index (χ1n) is 7.35. The summed E-state index contributed by atoms with van der Waals surface area (Å²) in [6.45, 7) is 1.90. The lowest BCUT2D eigenvalue weighted by atomic mass is 10.0. The minimum Gasteiger partial charge on any atom is -0.313 e. The van der Waals surface area contributed by atoms with Crippen molar-refractivity contribution < 1.29 is 0 Å². The van der Waals surface area contributed by atoms with Gasteiger partial charge in [-0.25, -0.2) is 0 Å². The summed E-state index contributed by atoms with van der Waals surface area (Å²) >= 11 is 0. The molecule has 3 rings (SSSR count). The maximum absolute atomic E-state index is 4.33. The Labute approximate surface area is 125 Å². The molecule has 0 aliphatic rings. The van der Waals surface area contributed by atoms with Gasteiger partial charge in [-0.1, -0.05) is 24.3 Å². The van der Waals surface area contributed by atoms with E-state index in [0.29, 0.717) is 0 Å². The number of rotatable bonds is 6. The summed E-state index contributed by atoms with van der Waals surface area (Å²) in [5.41, 5.74) is 2.61. The molecular weight excluding hydrogens is 258 g/mol. The van der Waals surface area contributed by atoms with E-state index in [1.165, 1.54) is 21.9 Å². The van der Waals surface area contributed by atoms with E-state index < -0.39 is 0 Å². The van der Waals surface area contributed by atoms with Gasteiger partial charge in [0.1, 0.15) is 0 Å². The van der Waals surface area contributed by atoms with E-state index in [1.54, 1.807) is 0 Å². The third-order valence-corrected chi connectivity index (χ3v) is 3.63. The highest BCUT2D eigenvalue weighted by Crippen LogP contribution is 2.18. The van der Waals surface area contributed by atoms with Crippen LogP contribution in [0.15, 0.2) is 61.2 Å². The SMILES string of the molecule is c1ccc2c(CCCNCc3ccncc3)cncc2c1. The third-order valence-electron chi connectivity index (χ3n) is 3.63. The normalized spacial score (nSPS) is 10.9. The number of benzene rings is 1. The molecule has 0 radical (unpaired) electrons. The van der Waals surface area contributed by atoms with Crippen molar-refractivity contribution in [2.45, 2.75) is 19.4 Å². The summed E-state index contributed by atoms with van der Waals surface area (Å²) < 4.78 is 0. The minimum atomic E-state index is 0.899. The van der Waals surface area contributed by atoms with Crippen LogP contribution in [0.1, 0.15) is 17.5 Å². The molecule has 0 atom stereocenters. The Morgan fingerprint density at radius 3 is 2.67 bits per heavy atom. The van der Waals surface area contributed by atoms with Crippen molar-refractivity contribution in [3.8, 4) is 0 Å². The molecule has 2 aromatic heterocycles. The molecule has 0 unspecified atom stereocenters. The number of nitrogens with zero attached hydrogens (tertiary/aromatic N) is 2. The van der Waals surface area contributed by atoms with Crippen LogP contribution < -0.4 is 5.32 Å². The molecule has 3 heteroatoms. The molecule has 3 nitrogen and oxygen atoms in total. The van der Waals surface area contributed by atoms with Gasteiger partial charge >= 0.3 is 0 Å². The van der Waals surface area contributed by atoms with Crippen molar-refractivity contribution in [2.75, 3.05) is 6.54 Å². The van der Waals surface area contributed by atoms with E-state index in [1.807, 2.05) is 36.9 Å². The average molecular weight is 277 g/mol. The van der Waals surface area contributed by atoms with E-state index in [2.05, 4.69) is 39.6 Å². The summed E-state index contributed by atoms with van der Waals surface area (Å²) in [6.07, 6.45) is 9.75. The van der Waals surface area contributed by atoms with Gasteiger partial charge in [-0.15, -0.1) is 0 Å². The van der Waals surface area contributed by atoms with E-state index >= 15 is 0 Å². The zero-order chi connectivity index (χ0) is 14.3. The van der Waals surface area contributed by atoms with Crippen LogP contribution in [-0.4, -0.2) is 16.5 Å². The fourth-order valence-electron chi connectivity index (χ4n) is 2.52. The van der Waals surface area contributed by atoms with Gasteiger partial charge in [0.05, 0.1) is 0 Å².